The number of primary amides is 1. The number of hydrogen-bond acceptors (Lipinski definition) is 4. The number of nitrogens with one attached hydrogen (secondary N) is 1. The Morgan fingerprint density at radius 1 is 1.28 bits per heavy atom. The first-order valence-electron chi connectivity index (χ1n) is 8.10. The molecule has 3 N–H and O–H groups in total. The van der Waals surface area contributed by atoms with Crippen molar-refractivity contribution in [3.8, 4) is 11.6 Å². The second-order valence-electron chi connectivity index (χ2n) is 5.90. The fourth-order valence-corrected chi connectivity index (χ4v) is 2.66. The Morgan fingerprint density at radius 2 is 2.16 bits per heavy atom. The highest BCUT2D eigenvalue weighted by molar-refractivity contribution is 5.93. The highest BCUT2D eigenvalue weighted by Gasteiger charge is 2.14. The van der Waals surface area contributed by atoms with Gasteiger partial charge in [-0.2, -0.15) is 0 Å². The van der Waals surface area contributed by atoms with Gasteiger partial charge in [-0.15, -0.1) is 0 Å². The zero-order valence-corrected chi connectivity index (χ0v) is 13.6. The molecule has 0 saturated heterocycles. The molecule has 1 aromatic heterocycles. The molecule has 1 heterocycles. The Morgan fingerprint density at radius 3 is 2.84 bits per heavy atom. The molecule has 1 atom stereocenters. The van der Waals surface area contributed by atoms with E-state index in [0.29, 0.717) is 35.2 Å². The van der Waals surface area contributed by atoms with Gasteiger partial charge < -0.3 is 15.8 Å². The van der Waals surface area contributed by atoms with Crippen LogP contribution in [0.1, 0.15) is 29.6 Å². The number of amides is 2. The average molecular weight is 337 g/mol. The van der Waals surface area contributed by atoms with Gasteiger partial charge in [0, 0.05) is 18.1 Å². The minimum absolute atomic E-state index is 0.0267. The van der Waals surface area contributed by atoms with E-state index in [1.807, 2.05) is 0 Å². The number of ether oxygens (including phenoxy) is 1. The van der Waals surface area contributed by atoms with Gasteiger partial charge in [0.1, 0.15) is 5.75 Å². The first-order chi connectivity index (χ1) is 12.1. The van der Waals surface area contributed by atoms with Crippen LogP contribution in [0.15, 0.2) is 54.7 Å². The van der Waals surface area contributed by atoms with Gasteiger partial charge in [-0.1, -0.05) is 18.2 Å². The third kappa shape index (κ3) is 4.67. The van der Waals surface area contributed by atoms with Gasteiger partial charge in [-0.3, -0.25) is 9.59 Å². The molecule has 128 valence electrons. The van der Waals surface area contributed by atoms with Gasteiger partial charge in [0.25, 0.3) is 0 Å². The third-order valence-corrected chi connectivity index (χ3v) is 3.92. The molecule has 1 aliphatic carbocycles. The summed E-state index contributed by atoms with van der Waals surface area (Å²) in [6, 6.07) is 9.93. The van der Waals surface area contributed by atoms with E-state index in [2.05, 4.69) is 22.5 Å². The number of allylic oxidation sites excluding steroid dienone is 2. The fraction of sp³-hybridized carbons (Fsp3) is 0.211. The summed E-state index contributed by atoms with van der Waals surface area (Å²) in [5, 5.41) is 2.83. The van der Waals surface area contributed by atoms with E-state index in [1.165, 1.54) is 6.20 Å². The standard InChI is InChI=1S/C19H19N3O3/c20-19(24)14-6-3-7-16(11-14)25-18-9-8-15(12-21-18)22-17(23)10-13-4-1-2-5-13/h1,3-4,6-9,11-13H,2,5,10H2,(H2,20,24)(H,22,23)/t13-/m1/s1. The molecule has 0 fully saturated rings. The van der Waals surface area contributed by atoms with Gasteiger partial charge in [-0.05, 0) is 43.0 Å². The Labute approximate surface area is 145 Å². The minimum atomic E-state index is -0.520. The molecule has 0 bridgehead atoms. The van der Waals surface area contributed by atoms with E-state index in [1.54, 1.807) is 36.4 Å². The highest BCUT2D eigenvalue weighted by atomic mass is 16.5. The maximum absolute atomic E-state index is 12.0. The van der Waals surface area contributed by atoms with E-state index in [4.69, 9.17) is 10.5 Å². The van der Waals surface area contributed by atoms with E-state index in [0.717, 1.165) is 12.8 Å². The SMILES string of the molecule is NC(=O)c1cccc(Oc2ccc(NC(=O)C[C@@H]3C=CCC3)cn2)c1. The predicted molar refractivity (Wildman–Crippen MR) is 94.4 cm³/mol. The number of nitrogens with two attached hydrogens (primary N) is 1. The van der Waals surface area contributed by atoms with Crippen molar-refractivity contribution >= 4 is 17.5 Å². The van der Waals surface area contributed by atoms with Crippen LogP contribution in [0.4, 0.5) is 5.69 Å². The lowest BCUT2D eigenvalue weighted by atomic mass is 10.1. The normalized spacial score (nSPS) is 15.8. The monoisotopic (exact) mass is 337 g/mol. The molecular weight excluding hydrogens is 318 g/mol. The first-order valence-corrected chi connectivity index (χ1v) is 8.10. The zero-order valence-electron chi connectivity index (χ0n) is 13.6. The molecule has 0 saturated carbocycles. The van der Waals surface area contributed by atoms with E-state index in [9.17, 15) is 9.59 Å². The van der Waals surface area contributed by atoms with Crippen LogP contribution in [-0.4, -0.2) is 16.8 Å². The summed E-state index contributed by atoms with van der Waals surface area (Å²) in [7, 11) is 0. The lowest BCUT2D eigenvalue weighted by Gasteiger charge is -2.09. The van der Waals surface area contributed by atoms with Gasteiger partial charge in [-0.25, -0.2) is 4.98 Å². The number of rotatable bonds is 6. The largest absolute Gasteiger partial charge is 0.439 e. The highest BCUT2D eigenvalue weighted by Crippen LogP contribution is 2.23. The summed E-state index contributed by atoms with van der Waals surface area (Å²) >= 11 is 0. The molecular formula is C19H19N3O3. The maximum atomic E-state index is 12.0. The predicted octanol–water partition coefficient (Wildman–Crippen LogP) is 3.27. The summed E-state index contributed by atoms with van der Waals surface area (Å²) in [4.78, 5) is 27.3. The van der Waals surface area contributed by atoms with Crippen molar-refractivity contribution < 1.29 is 14.3 Å². The average Bonchev–Trinajstić information content (AvgIpc) is 3.10. The van der Waals surface area contributed by atoms with Crippen LogP contribution in [-0.2, 0) is 4.79 Å². The second-order valence-corrected chi connectivity index (χ2v) is 5.90. The van der Waals surface area contributed by atoms with Crippen molar-refractivity contribution in [2.75, 3.05) is 5.32 Å². The van der Waals surface area contributed by atoms with E-state index >= 15 is 0 Å². The van der Waals surface area contributed by atoms with Crippen molar-refractivity contribution in [1.29, 1.82) is 0 Å². The summed E-state index contributed by atoms with van der Waals surface area (Å²) in [5.41, 5.74) is 6.23. The topological polar surface area (TPSA) is 94.3 Å². The van der Waals surface area contributed by atoms with Gasteiger partial charge in [0.05, 0.1) is 11.9 Å². The van der Waals surface area contributed by atoms with Crippen LogP contribution in [0.3, 0.4) is 0 Å². The lowest BCUT2D eigenvalue weighted by molar-refractivity contribution is -0.116. The van der Waals surface area contributed by atoms with E-state index < -0.39 is 5.91 Å². The summed E-state index contributed by atoms with van der Waals surface area (Å²) in [6.45, 7) is 0. The van der Waals surface area contributed by atoms with Gasteiger partial charge in [0.15, 0.2) is 0 Å². The van der Waals surface area contributed by atoms with Crippen LogP contribution >= 0.6 is 0 Å². The Kier molecular flexibility index (Phi) is 5.09. The number of pyridine rings is 1. The Balaban J connectivity index is 1.58. The van der Waals surface area contributed by atoms with Crippen LogP contribution in [0, 0.1) is 5.92 Å². The molecule has 25 heavy (non-hydrogen) atoms. The summed E-state index contributed by atoms with van der Waals surface area (Å²) in [5.74, 6) is 0.606. The molecule has 1 aliphatic rings. The Bertz CT molecular complexity index is 800. The van der Waals surface area contributed by atoms with Crippen molar-refractivity contribution in [1.82, 2.24) is 4.98 Å². The Hall–Kier alpha value is -3.15. The second kappa shape index (κ2) is 7.61. The van der Waals surface area contributed by atoms with Crippen LogP contribution in [0.5, 0.6) is 11.6 Å². The maximum Gasteiger partial charge on any atom is 0.248 e. The van der Waals surface area contributed by atoms with Crippen molar-refractivity contribution in [2.24, 2.45) is 11.7 Å². The van der Waals surface area contributed by atoms with Crippen LogP contribution < -0.4 is 15.8 Å². The van der Waals surface area contributed by atoms with Gasteiger partial charge >= 0.3 is 0 Å². The minimum Gasteiger partial charge on any atom is -0.439 e. The number of carbonyl (C=O) groups is 2. The molecule has 0 unspecified atom stereocenters. The number of aromatic nitrogens is 1. The number of benzene rings is 1. The quantitative estimate of drug-likeness (QED) is 0.791. The van der Waals surface area contributed by atoms with E-state index in [-0.39, 0.29) is 5.91 Å². The molecule has 0 aliphatic heterocycles. The van der Waals surface area contributed by atoms with Gasteiger partial charge in [0.2, 0.25) is 17.7 Å². The van der Waals surface area contributed by atoms with Crippen molar-refractivity contribution in [3.05, 3.63) is 60.3 Å². The summed E-state index contributed by atoms with van der Waals surface area (Å²) < 4.78 is 5.60. The van der Waals surface area contributed by atoms with Crippen LogP contribution in [0.25, 0.3) is 0 Å². The van der Waals surface area contributed by atoms with Crippen LogP contribution in [0.2, 0.25) is 0 Å². The molecule has 6 heteroatoms. The molecule has 1 aromatic carbocycles. The lowest BCUT2D eigenvalue weighted by Crippen LogP contribution is -2.14. The molecule has 3 rings (SSSR count). The van der Waals surface area contributed by atoms with Crippen molar-refractivity contribution in [3.63, 3.8) is 0 Å². The number of anilines is 1. The smallest absolute Gasteiger partial charge is 0.248 e. The summed E-state index contributed by atoms with van der Waals surface area (Å²) in [6.07, 6.45) is 8.30. The van der Waals surface area contributed by atoms with Crippen molar-refractivity contribution in [2.45, 2.75) is 19.3 Å². The number of hydrogen-bond donors (Lipinski definition) is 2. The molecule has 2 aromatic rings. The zero-order chi connectivity index (χ0) is 17.6. The number of carbonyl (C=O) groups excluding carboxylic acids is 2. The molecule has 0 spiro atoms. The molecule has 6 nitrogen and oxygen atoms in total. The third-order valence-electron chi connectivity index (χ3n) is 3.92. The molecule has 0 radical (unpaired) electrons. The molecule has 2 amide bonds. The fourth-order valence-electron chi connectivity index (χ4n) is 2.66. The first kappa shape index (κ1) is 16.7. The number of nitrogens with zero attached hydrogens (tertiary/aromatic N) is 1.